The van der Waals surface area contributed by atoms with Gasteiger partial charge in [0.15, 0.2) is 6.33 Å². The van der Waals surface area contributed by atoms with E-state index in [0.717, 1.165) is 43.2 Å². The first-order valence-electron chi connectivity index (χ1n) is 12.2. The molecule has 6 nitrogen and oxygen atoms in total. The SMILES string of the molecule is O=C(CC1(C(c2ccccn2)c2ncno2)CCCC1)NC1C2CC3CC(C2)CC1C3. The van der Waals surface area contributed by atoms with Gasteiger partial charge in [0.1, 0.15) is 0 Å². The molecule has 0 aromatic carbocycles. The van der Waals surface area contributed by atoms with Gasteiger partial charge in [0.2, 0.25) is 11.8 Å². The van der Waals surface area contributed by atoms with Crippen molar-refractivity contribution in [2.75, 3.05) is 0 Å². The van der Waals surface area contributed by atoms with Crippen molar-refractivity contribution in [2.24, 2.45) is 29.1 Å². The van der Waals surface area contributed by atoms with Crippen LogP contribution in [0.25, 0.3) is 0 Å². The molecule has 4 bridgehead atoms. The fourth-order valence-electron chi connectivity index (χ4n) is 7.92. The summed E-state index contributed by atoms with van der Waals surface area (Å²) in [5.41, 5.74) is 0.715. The van der Waals surface area contributed by atoms with E-state index in [1.165, 1.54) is 38.4 Å². The van der Waals surface area contributed by atoms with E-state index in [1.807, 2.05) is 24.4 Å². The summed E-state index contributed by atoms with van der Waals surface area (Å²) in [5.74, 6) is 3.89. The van der Waals surface area contributed by atoms with Crippen molar-refractivity contribution in [3.63, 3.8) is 0 Å². The summed E-state index contributed by atoms with van der Waals surface area (Å²) in [7, 11) is 0. The minimum atomic E-state index is -0.211. The van der Waals surface area contributed by atoms with Crippen molar-refractivity contribution in [3.05, 3.63) is 42.3 Å². The first kappa shape index (κ1) is 19.4. The summed E-state index contributed by atoms with van der Waals surface area (Å²) in [5, 5.41) is 7.42. The van der Waals surface area contributed by atoms with Gasteiger partial charge < -0.3 is 9.84 Å². The van der Waals surface area contributed by atoms with Gasteiger partial charge in [-0.1, -0.05) is 24.1 Å². The van der Waals surface area contributed by atoms with Gasteiger partial charge in [0, 0.05) is 18.7 Å². The number of nitrogens with one attached hydrogen (secondary N) is 1. The normalized spacial score (nSPS) is 34.0. The lowest BCUT2D eigenvalue weighted by atomic mass is 9.54. The average Bonchev–Trinajstić information content (AvgIpc) is 3.44. The van der Waals surface area contributed by atoms with Crippen LogP contribution in [-0.2, 0) is 4.79 Å². The second-order valence-electron chi connectivity index (χ2n) is 10.7. The fraction of sp³-hybridized carbons (Fsp3) is 0.680. The zero-order chi connectivity index (χ0) is 20.8. The lowest BCUT2D eigenvalue weighted by Gasteiger charge is -2.54. The minimum absolute atomic E-state index is 0.136. The minimum Gasteiger partial charge on any atom is -0.353 e. The Morgan fingerprint density at radius 1 is 1.06 bits per heavy atom. The maximum atomic E-state index is 13.5. The molecule has 1 amide bonds. The monoisotopic (exact) mass is 420 g/mol. The summed E-state index contributed by atoms with van der Waals surface area (Å²) in [6.07, 6.45) is 14.8. The molecule has 7 rings (SSSR count). The van der Waals surface area contributed by atoms with Crippen LogP contribution in [0.5, 0.6) is 0 Å². The van der Waals surface area contributed by atoms with E-state index in [4.69, 9.17) is 4.52 Å². The summed E-state index contributed by atoms with van der Waals surface area (Å²) in [6.45, 7) is 0. The molecule has 2 heterocycles. The summed E-state index contributed by atoms with van der Waals surface area (Å²) >= 11 is 0. The Morgan fingerprint density at radius 2 is 1.81 bits per heavy atom. The zero-order valence-electron chi connectivity index (χ0n) is 18.1. The summed E-state index contributed by atoms with van der Waals surface area (Å²) < 4.78 is 5.56. The summed E-state index contributed by atoms with van der Waals surface area (Å²) in [6, 6.07) is 6.35. The number of carbonyl (C=O) groups excluding carboxylic acids is 1. The smallest absolute Gasteiger partial charge is 0.236 e. The Labute approximate surface area is 183 Å². The molecule has 1 N–H and O–H groups in total. The molecule has 5 aliphatic carbocycles. The van der Waals surface area contributed by atoms with Gasteiger partial charge in [0.05, 0.1) is 11.6 Å². The third-order valence-corrected chi connectivity index (χ3v) is 8.89. The van der Waals surface area contributed by atoms with Gasteiger partial charge in [-0.15, -0.1) is 0 Å². The molecule has 1 unspecified atom stereocenters. The number of carbonyl (C=O) groups is 1. The van der Waals surface area contributed by atoms with Crippen LogP contribution in [0.2, 0.25) is 0 Å². The van der Waals surface area contributed by atoms with Crippen molar-refractivity contribution in [2.45, 2.75) is 76.2 Å². The van der Waals surface area contributed by atoms with Crippen LogP contribution in [0.4, 0.5) is 0 Å². The number of nitrogens with zero attached hydrogens (tertiary/aromatic N) is 3. The van der Waals surface area contributed by atoms with E-state index in [-0.39, 0.29) is 17.2 Å². The molecular weight excluding hydrogens is 388 g/mol. The molecule has 6 heteroatoms. The molecule has 5 aliphatic rings. The van der Waals surface area contributed by atoms with Crippen LogP contribution in [0, 0.1) is 29.1 Å². The van der Waals surface area contributed by atoms with Gasteiger partial charge in [-0.25, -0.2) is 0 Å². The van der Waals surface area contributed by atoms with Gasteiger partial charge in [-0.05, 0) is 86.2 Å². The van der Waals surface area contributed by atoms with E-state index in [9.17, 15) is 4.79 Å². The van der Waals surface area contributed by atoms with Crippen LogP contribution in [0.15, 0.2) is 35.2 Å². The maximum absolute atomic E-state index is 13.5. The lowest BCUT2D eigenvalue weighted by Crippen LogP contribution is -2.56. The van der Waals surface area contributed by atoms with Crippen LogP contribution < -0.4 is 5.32 Å². The highest BCUT2D eigenvalue weighted by molar-refractivity contribution is 5.77. The molecule has 31 heavy (non-hydrogen) atoms. The van der Waals surface area contributed by atoms with E-state index in [1.54, 1.807) is 0 Å². The Morgan fingerprint density at radius 3 is 2.42 bits per heavy atom. The molecule has 0 aliphatic heterocycles. The molecule has 5 fully saturated rings. The van der Waals surface area contributed by atoms with Crippen molar-refractivity contribution in [1.82, 2.24) is 20.4 Å². The van der Waals surface area contributed by atoms with Gasteiger partial charge in [0.25, 0.3) is 0 Å². The lowest BCUT2D eigenvalue weighted by molar-refractivity contribution is -0.127. The molecule has 0 saturated heterocycles. The van der Waals surface area contributed by atoms with Crippen molar-refractivity contribution in [3.8, 4) is 0 Å². The maximum Gasteiger partial charge on any atom is 0.236 e. The molecule has 0 radical (unpaired) electrons. The fourth-order valence-corrected chi connectivity index (χ4v) is 7.92. The topological polar surface area (TPSA) is 80.9 Å². The third-order valence-electron chi connectivity index (χ3n) is 8.89. The number of aromatic nitrogens is 3. The predicted molar refractivity (Wildman–Crippen MR) is 115 cm³/mol. The standard InChI is InChI=1S/C25H32N4O2/c30-21(29-23-18-10-16-9-17(12-18)13-19(23)11-16)14-25(6-2-3-7-25)22(24-27-15-28-31-24)20-5-1-4-8-26-20/h1,4-5,8,15-19,22-23H,2-3,6-7,9-14H2,(H,29,30). The summed E-state index contributed by atoms with van der Waals surface area (Å²) in [4.78, 5) is 22.6. The molecular formula is C25H32N4O2. The Bertz CT molecular complexity index is 879. The largest absolute Gasteiger partial charge is 0.353 e. The average molecular weight is 421 g/mol. The molecule has 164 valence electrons. The first-order chi connectivity index (χ1) is 15.2. The van der Waals surface area contributed by atoms with Gasteiger partial charge >= 0.3 is 0 Å². The number of hydrogen-bond donors (Lipinski definition) is 1. The number of hydrogen-bond acceptors (Lipinski definition) is 5. The first-order valence-corrected chi connectivity index (χ1v) is 12.2. The molecule has 0 spiro atoms. The molecule has 2 aromatic heterocycles. The van der Waals surface area contributed by atoms with Crippen molar-refractivity contribution >= 4 is 5.91 Å². The van der Waals surface area contributed by atoms with Crippen LogP contribution in [0.3, 0.4) is 0 Å². The highest BCUT2D eigenvalue weighted by Gasteiger charge is 2.51. The van der Waals surface area contributed by atoms with Crippen LogP contribution >= 0.6 is 0 Å². The Balaban J connectivity index is 1.25. The highest BCUT2D eigenvalue weighted by Crippen LogP contribution is 2.55. The van der Waals surface area contributed by atoms with Crippen LogP contribution in [0.1, 0.15) is 81.7 Å². The molecule has 5 saturated carbocycles. The predicted octanol–water partition coefficient (Wildman–Crippen LogP) is 4.49. The highest BCUT2D eigenvalue weighted by atomic mass is 16.5. The Kier molecular flexibility index (Phi) is 4.84. The van der Waals surface area contributed by atoms with E-state index in [0.29, 0.717) is 30.2 Å². The number of amides is 1. The quantitative estimate of drug-likeness (QED) is 0.745. The van der Waals surface area contributed by atoms with E-state index < -0.39 is 0 Å². The van der Waals surface area contributed by atoms with Gasteiger partial charge in [-0.2, -0.15) is 4.98 Å². The Hall–Kier alpha value is -2.24. The zero-order valence-corrected chi connectivity index (χ0v) is 18.1. The van der Waals surface area contributed by atoms with E-state index >= 15 is 0 Å². The number of rotatable bonds is 6. The van der Waals surface area contributed by atoms with Crippen molar-refractivity contribution in [1.29, 1.82) is 0 Å². The van der Waals surface area contributed by atoms with Crippen molar-refractivity contribution < 1.29 is 9.32 Å². The number of pyridine rings is 1. The second-order valence-corrected chi connectivity index (χ2v) is 10.7. The molecule has 2 aromatic rings. The van der Waals surface area contributed by atoms with Crippen LogP contribution in [-0.4, -0.2) is 27.1 Å². The van der Waals surface area contributed by atoms with Gasteiger partial charge in [-0.3, -0.25) is 9.78 Å². The van der Waals surface area contributed by atoms with E-state index in [2.05, 4.69) is 20.4 Å². The third kappa shape index (κ3) is 3.48. The molecule has 1 atom stereocenters. The second kappa shape index (κ2) is 7.72.